The number of aromatic hydroxyl groups is 2. The number of fused-ring (bicyclic) bond motifs is 2. The second-order valence-corrected chi connectivity index (χ2v) is 4.62. The van der Waals surface area contributed by atoms with Crippen LogP contribution in [0.15, 0.2) is 6.07 Å². The van der Waals surface area contributed by atoms with E-state index in [9.17, 15) is 40.9 Å². The molecule has 0 aliphatic carbocycles. The first-order chi connectivity index (χ1) is 10.7. The summed E-state index contributed by atoms with van der Waals surface area (Å²) in [6.45, 7) is 0. The van der Waals surface area contributed by atoms with E-state index in [-0.39, 0.29) is 0 Å². The van der Waals surface area contributed by atoms with Crippen LogP contribution in [0.5, 0.6) is 11.5 Å². The molecule has 0 aliphatic rings. The Morgan fingerprint density at radius 2 is 0.957 bits per heavy atom. The number of rotatable bonds is 0. The Morgan fingerprint density at radius 3 is 1.57 bits per heavy atom. The summed E-state index contributed by atoms with van der Waals surface area (Å²) in [5, 5.41) is 13.8. The predicted molar refractivity (Wildman–Crippen MR) is 64.5 cm³/mol. The average molecular weight is 336 g/mol. The van der Waals surface area contributed by atoms with E-state index in [2.05, 4.69) is 0 Å². The normalized spacial score (nSPS) is 11.6. The third kappa shape index (κ3) is 1.76. The van der Waals surface area contributed by atoms with Crippen LogP contribution in [0.1, 0.15) is 0 Å². The third-order valence-corrected chi connectivity index (χ3v) is 3.40. The number of benzene rings is 3. The topological polar surface area (TPSA) is 40.5 Å². The van der Waals surface area contributed by atoms with Gasteiger partial charge in [-0.25, -0.2) is 26.3 Å². The molecule has 9 heteroatoms. The molecule has 0 amide bonds. The van der Waals surface area contributed by atoms with E-state index in [0.29, 0.717) is 6.07 Å². The molecule has 120 valence electrons. The molecule has 3 aromatic carbocycles. The highest BCUT2D eigenvalue weighted by molar-refractivity contribution is 6.03. The van der Waals surface area contributed by atoms with Gasteiger partial charge in [-0.15, -0.1) is 0 Å². The van der Waals surface area contributed by atoms with Gasteiger partial charge < -0.3 is 10.2 Å². The predicted octanol–water partition coefficient (Wildman–Crippen LogP) is 4.38. The number of halogens is 7. The highest BCUT2D eigenvalue weighted by atomic mass is 19.2. The van der Waals surface area contributed by atoms with Crippen molar-refractivity contribution in [3.8, 4) is 11.5 Å². The summed E-state index contributed by atoms with van der Waals surface area (Å²) in [4.78, 5) is 0. The zero-order valence-corrected chi connectivity index (χ0v) is 10.6. The van der Waals surface area contributed by atoms with Crippen molar-refractivity contribution in [3.63, 3.8) is 0 Å². The molecule has 23 heavy (non-hydrogen) atoms. The lowest BCUT2D eigenvalue weighted by atomic mass is 9.99. The summed E-state index contributed by atoms with van der Waals surface area (Å²) in [7, 11) is 0. The van der Waals surface area contributed by atoms with Crippen molar-refractivity contribution in [2.75, 3.05) is 0 Å². The van der Waals surface area contributed by atoms with Crippen LogP contribution in [0.4, 0.5) is 30.7 Å². The molecular formula is C14H3F7O2. The average Bonchev–Trinajstić information content (AvgIpc) is 2.53. The maximum Gasteiger partial charge on any atom is 0.205 e. The minimum atomic E-state index is -2.34. The Bertz CT molecular complexity index is 936. The molecular weight excluding hydrogens is 333 g/mol. The van der Waals surface area contributed by atoms with Crippen molar-refractivity contribution in [1.82, 2.24) is 0 Å². The molecule has 0 aromatic heterocycles. The van der Waals surface area contributed by atoms with E-state index in [1.165, 1.54) is 0 Å². The van der Waals surface area contributed by atoms with Crippen molar-refractivity contribution in [3.05, 3.63) is 46.8 Å². The third-order valence-electron chi connectivity index (χ3n) is 3.40. The first-order valence-electron chi connectivity index (χ1n) is 5.85. The zero-order valence-electron chi connectivity index (χ0n) is 10.6. The molecule has 0 spiro atoms. The molecule has 0 saturated heterocycles. The Kier molecular flexibility index (Phi) is 3.07. The highest BCUT2D eigenvalue weighted by Crippen LogP contribution is 2.43. The van der Waals surface area contributed by atoms with Gasteiger partial charge in [0, 0.05) is 10.8 Å². The summed E-state index contributed by atoms with van der Waals surface area (Å²) in [6, 6.07) is 0.367. The van der Waals surface area contributed by atoms with Gasteiger partial charge >= 0.3 is 0 Å². The summed E-state index contributed by atoms with van der Waals surface area (Å²) in [5.74, 6) is -17.7. The van der Waals surface area contributed by atoms with E-state index >= 15 is 0 Å². The number of hydrogen-bond acceptors (Lipinski definition) is 2. The largest absolute Gasteiger partial charge is 0.504 e. The van der Waals surface area contributed by atoms with Gasteiger partial charge in [-0.05, 0) is 6.07 Å². The van der Waals surface area contributed by atoms with Gasteiger partial charge in [-0.1, -0.05) is 0 Å². The summed E-state index contributed by atoms with van der Waals surface area (Å²) in [6.07, 6.45) is 0. The number of phenolic OH excluding ortho intramolecular Hbond substituents is 2. The summed E-state index contributed by atoms with van der Waals surface area (Å²) >= 11 is 0. The van der Waals surface area contributed by atoms with Gasteiger partial charge in [0.25, 0.3) is 0 Å². The van der Waals surface area contributed by atoms with Crippen molar-refractivity contribution in [2.45, 2.75) is 0 Å². The van der Waals surface area contributed by atoms with Gasteiger partial charge in [0.1, 0.15) is 5.82 Å². The lowest BCUT2D eigenvalue weighted by molar-refractivity contribution is 0.369. The Labute approximate surface area is 122 Å². The van der Waals surface area contributed by atoms with Gasteiger partial charge in [-0.2, -0.15) is 4.39 Å². The summed E-state index contributed by atoms with van der Waals surface area (Å²) < 4.78 is 95.2. The first kappa shape index (κ1) is 15.2. The summed E-state index contributed by atoms with van der Waals surface area (Å²) in [5.41, 5.74) is 0. The molecule has 0 aliphatic heterocycles. The molecule has 0 radical (unpaired) electrons. The van der Waals surface area contributed by atoms with Crippen LogP contribution in [-0.4, -0.2) is 10.2 Å². The molecule has 0 unspecified atom stereocenters. The van der Waals surface area contributed by atoms with E-state index in [0.717, 1.165) is 0 Å². The second-order valence-electron chi connectivity index (χ2n) is 4.62. The van der Waals surface area contributed by atoms with E-state index in [4.69, 9.17) is 0 Å². The van der Waals surface area contributed by atoms with Crippen molar-refractivity contribution >= 4 is 21.5 Å². The smallest absolute Gasteiger partial charge is 0.205 e. The van der Waals surface area contributed by atoms with Gasteiger partial charge in [0.15, 0.2) is 40.6 Å². The van der Waals surface area contributed by atoms with Crippen molar-refractivity contribution in [1.29, 1.82) is 0 Å². The fourth-order valence-electron chi connectivity index (χ4n) is 2.31. The van der Waals surface area contributed by atoms with Gasteiger partial charge in [-0.3, -0.25) is 0 Å². The lowest BCUT2D eigenvalue weighted by Gasteiger charge is -2.12. The van der Waals surface area contributed by atoms with E-state index in [1.807, 2.05) is 0 Å². The number of phenols is 2. The van der Waals surface area contributed by atoms with Crippen LogP contribution in [0.25, 0.3) is 21.5 Å². The Morgan fingerprint density at radius 1 is 0.478 bits per heavy atom. The zero-order chi connectivity index (χ0) is 17.2. The molecule has 0 heterocycles. The standard InChI is InChI=1S/C14H3F7O2/c15-6-2-1-3-5(9(18)12(21)14(23)13(3)22)7(16)4(2)8(17)11(20)10(6)19/h1,22-23H. The molecule has 0 saturated carbocycles. The molecule has 2 nitrogen and oxygen atoms in total. The Hall–Kier alpha value is -2.71. The van der Waals surface area contributed by atoms with Crippen LogP contribution >= 0.6 is 0 Å². The first-order valence-corrected chi connectivity index (χ1v) is 5.85. The van der Waals surface area contributed by atoms with Gasteiger partial charge in [0.05, 0.1) is 10.8 Å². The lowest BCUT2D eigenvalue weighted by Crippen LogP contribution is -2.02. The Balaban J connectivity index is 2.73. The van der Waals surface area contributed by atoms with Crippen LogP contribution in [0, 0.1) is 40.7 Å². The molecule has 0 atom stereocenters. The molecule has 0 fully saturated rings. The quantitative estimate of drug-likeness (QED) is 0.210. The fourth-order valence-corrected chi connectivity index (χ4v) is 2.31. The monoisotopic (exact) mass is 336 g/mol. The van der Waals surface area contributed by atoms with Crippen molar-refractivity contribution < 1.29 is 40.9 Å². The molecule has 3 aromatic rings. The van der Waals surface area contributed by atoms with E-state index < -0.39 is 73.8 Å². The van der Waals surface area contributed by atoms with Crippen LogP contribution in [-0.2, 0) is 0 Å². The SMILES string of the molecule is Oc1c(F)c(F)c2c(F)c3c(F)c(F)c(F)c(F)c3cc2c1O. The van der Waals surface area contributed by atoms with Crippen LogP contribution in [0.3, 0.4) is 0 Å². The number of hydrogen-bond donors (Lipinski definition) is 2. The minimum absolute atomic E-state index is 0.367. The highest BCUT2D eigenvalue weighted by Gasteiger charge is 2.28. The second kappa shape index (κ2) is 4.64. The van der Waals surface area contributed by atoms with Gasteiger partial charge in [0.2, 0.25) is 5.82 Å². The van der Waals surface area contributed by atoms with Crippen molar-refractivity contribution in [2.24, 2.45) is 0 Å². The molecule has 0 bridgehead atoms. The minimum Gasteiger partial charge on any atom is -0.504 e. The molecule has 3 rings (SSSR count). The maximum atomic E-state index is 14.3. The van der Waals surface area contributed by atoms with Crippen LogP contribution in [0.2, 0.25) is 0 Å². The van der Waals surface area contributed by atoms with Crippen LogP contribution < -0.4 is 0 Å². The molecule has 2 N–H and O–H groups in total. The fraction of sp³-hybridized carbons (Fsp3) is 0. The maximum absolute atomic E-state index is 14.3. The van der Waals surface area contributed by atoms with E-state index in [1.54, 1.807) is 0 Å².